The number of anilines is 1. The van der Waals surface area contributed by atoms with Gasteiger partial charge in [-0.15, -0.1) is 0 Å². The fourth-order valence-corrected chi connectivity index (χ4v) is 2.13. The number of benzene rings is 1. The summed E-state index contributed by atoms with van der Waals surface area (Å²) >= 11 is 0. The Morgan fingerprint density at radius 1 is 1.05 bits per heavy atom. The topological polar surface area (TPSA) is 85.1 Å². The standard InChI is InChI=1S/C16H17N3O2/c17-14(20)10-13(12-6-2-1-3-7-12)11-16(21)19-15-8-4-5-9-18-15/h1-9,13H,10-11H2,(H2,17,20)(H,18,19,21). The Hall–Kier alpha value is -2.69. The van der Waals surface area contributed by atoms with Gasteiger partial charge in [0, 0.05) is 25.0 Å². The number of nitrogens with one attached hydrogen (secondary N) is 1. The van der Waals surface area contributed by atoms with Gasteiger partial charge in [0.15, 0.2) is 0 Å². The lowest BCUT2D eigenvalue weighted by atomic mass is 9.92. The number of primary amides is 1. The van der Waals surface area contributed by atoms with E-state index >= 15 is 0 Å². The van der Waals surface area contributed by atoms with Gasteiger partial charge in [-0.05, 0) is 17.7 Å². The van der Waals surface area contributed by atoms with E-state index in [0.717, 1.165) is 5.56 Å². The van der Waals surface area contributed by atoms with E-state index in [0.29, 0.717) is 5.82 Å². The van der Waals surface area contributed by atoms with Crippen LogP contribution < -0.4 is 11.1 Å². The molecular formula is C16H17N3O2. The van der Waals surface area contributed by atoms with Crippen molar-refractivity contribution in [1.82, 2.24) is 4.98 Å². The predicted octanol–water partition coefficient (Wildman–Crippen LogP) is 2.07. The first-order chi connectivity index (χ1) is 10.1. The van der Waals surface area contributed by atoms with E-state index in [1.807, 2.05) is 30.3 Å². The fourth-order valence-electron chi connectivity index (χ4n) is 2.13. The van der Waals surface area contributed by atoms with Gasteiger partial charge in [-0.2, -0.15) is 0 Å². The van der Waals surface area contributed by atoms with E-state index in [1.54, 1.807) is 24.4 Å². The van der Waals surface area contributed by atoms with Crippen LogP contribution in [0.4, 0.5) is 5.82 Å². The zero-order valence-electron chi connectivity index (χ0n) is 11.5. The first-order valence-electron chi connectivity index (χ1n) is 6.69. The molecule has 21 heavy (non-hydrogen) atoms. The largest absolute Gasteiger partial charge is 0.370 e. The van der Waals surface area contributed by atoms with Gasteiger partial charge >= 0.3 is 0 Å². The SMILES string of the molecule is NC(=O)CC(CC(=O)Nc1ccccn1)c1ccccc1. The van der Waals surface area contributed by atoms with Crippen LogP contribution in [0.5, 0.6) is 0 Å². The molecule has 0 saturated carbocycles. The van der Waals surface area contributed by atoms with Crippen LogP contribution in [0.3, 0.4) is 0 Å². The third-order valence-corrected chi connectivity index (χ3v) is 3.08. The number of hydrogen-bond donors (Lipinski definition) is 2. The summed E-state index contributed by atoms with van der Waals surface area (Å²) in [5.41, 5.74) is 6.20. The van der Waals surface area contributed by atoms with Crippen molar-refractivity contribution in [2.75, 3.05) is 5.32 Å². The van der Waals surface area contributed by atoms with Gasteiger partial charge in [0.25, 0.3) is 0 Å². The number of pyridine rings is 1. The Balaban J connectivity index is 2.05. The molecule has 2 aromatic rings. The Morgan fingerprint density at radius 3 is 2.38 bits per heavy atom. The molecule has 1 aromatic heterocycles. The molecule has 3 N–H and O–H groups in total. The maximum Gasteiger partial charge on any atom is 0.226 e. The number of nitrogens with two attached hydrogens (primary N) is 1. The van der Waals surface area contributed by atoms with Gasteiger partial charge in [-0.25, -0.2) is 4.98 Å². The summed E-state index contributed by atoms with van der Waals surface area (Å²) in [6.07, 6.45) is 1.93. The molecule has 1 aromatic carbocycles. The molecule has 5 nitrogen and oxygen atoms in total. The van der Waals surface area contributed by atoms with Gasteiger partial charge in [0.05, 0.1) is 0 Å². The van der Waals surface area contributed by atoms with E-state index in [4.69, 9.17) is 5.73 Å². The zero-order valence-corrected chi connectivity index (χ0v) is 11.5. The van der Waals surface area contributed by atoms with Gasteiger partial charge < -0.3 is 11.1 Å². The van der Waals surface area contributed by atoms with Gasteiger partial charge in [0.2, 0.25) is 11.8 Å². The van der Waals surface area contributed by atoms with E-state index in [2.05, 4.69) is 10.3 Å². The third-order valence-electron chi connectivity index (χ3n) is 3.08. The van der Waals surface area contributed by atoms with Crippen molar-refractivity contribution in [3.63, 3.8) is 0 Å². The lowest BCUT2D eigenvalue weighted by molar-refractivity contribution is -0.119. The van der Waals surface area contributed by atoms with Crippen LogP contribution in [0.1, 0.15) is 24.3 Å². The molecule has 0 fully saturated rings. The minimum absolute atomic E-state index is 0.139. The molecule has 2 amide bonds. The number of carbonyl (C=O) groups excluding carboxylic acids is 2. The smallest absolute Gasteiger partial charge is 0.226 e. The van der Waals surface area contributed by atoms with E-state index < -0.39 is 5.91 Å². The maximum absolute atomic E-state index is 12.1. The van der Waals surface area contributed by atoms with Gasteiger partial charge in [-0.1, -0.05) is 36.4 Å². The molecular weight excluding hydrogens is 266 g/mol. The number of rotatable bonds is 6. The normalized spacial score (nSPS) is 11.6. The Bertz CT molecular complexity index is 599. The van der Waals surface area contributed by atoms with Crippen LogP contribution in [0, 0.1) is 0 Å². The summed E-state index contributed by atoms with van der Waals surface area (Å²) in [7, 11) is 0. The highest BCUT2D eigenvalue weighted by molar-refractivity contribution is 5.90. The highest BCUT2D eigenvalue weighted by atomic mass is 16.2. The quantitative estimate of drug-likeness (QED) is 0.851. The Labute approximate surface area is 123 Å². The first-order valence-corrected chi connectivity index (χ1v) is 6.69. The highest BCUT2D eigenvalue weighted by Crippen LogP contribution is 2.23. The monoisotopic (exact) mass is 283 g/mol. The lowest BCUT2D eigenvalue weighted by Crippen LogP contribution is -2.21. The van der Waals surface area contributed by atoms with Gasteiger partial charge in [-0.3, -0.25) is 9.59 Å². The molecule has 1 heterocycles. The van der Waals surface area contributed by atoms with Crippen LogP contribution in [-0.4, -0.2) is 16.8 Å². The number of amides is 2. The second-order valence-electron chi connectivity index (χ2n) is 4.75. The van der Waals surface area contributed by atoms with Crippen LogP contribution in [-0.2, 0) is 9.59 Å². The maximum atomic E-state index is 12.1. The number of aromatic nitrogens is 1. The molecule has 108 valence electrons. The average molecular weight is 283 g/mol. The Morgan fingerprint density at radius 2 is 1.76 bits per heavy atom. The number of hydrogen-bond acceptors (Lipinski definition) is 3. The molecule has 0 aliphatic heterocycles. The van der Waals surface area contributed by atoms with Crippen LogP contribution >= 0.6 is 0 Å². The van der Waals surface area contributed by atoms with Crippen LogP contribution in [0.15, 0.2) is 54.7 Å². The molecule has 5 heteroatoms. The molecule has 0 saturated heterocycles. The van der Waals surface area contributed by atoms with Crippen LogP contribution in [0.25, 0.3) is 0 Å². The van der Waals surface area contributed by atoms with Crippen LogP contribution in [0.2, 0.25) is 0 Å². The molecule has 0 aliphatic carbocycles. The first kappa shape index (κ1) is 14.7. The minimum Gasteiger partial charge on any atom is -0.370 e. The minimum atomic E-state index is -0.422. The summed E-state index contributed by atoms with van der Waals surface area (Å²) in [5.74, 6) is -0.348. The second-order valence-corrected chi connectivity index (χ2v) is 4.75. The predicted molar refractivity (Wildman–Crippen MR) is 80.5 cm³/mol. The highest BCUT2D eigenvalue weighted by Gasteiger charge is 2.18. The molecule has 0 aliphatic rings. The van der Waals surface area contributed by atoms with E-state index in [9.17, 15) is 9.59 Å². The van der Waals surface area contributed by atoms with Crippen molar-refractivity contribution >= 4 is 17.6 Å². The number of carbonyl (C=O) groups is 2. The Kier molecular flexibility index (Phi) is 5.04. The van der Waals surface area contributed by atoms with E-state index in [1.165, 1.54) is 0 Å². The molecule has 0 bridgehead atoms. The molecule has 1 atom stereocenters. The summed E-state index contributed by atoms with van der Waals surface area (Å²) < 4.78 is 0. The van der Waals surface area contributed by atoms with Crippen molar-refractivity contribution in [2.24, 2.45) is 5.73 Å². The zero-order chi connectivity index (χ0) is 15.1. The van der Waals surface area contributed by atoms with Crippen molar-refractivity contribution in [3.8, 4) is 0 Å². The summed E-state index contributed by atoms with van der Waals surface area (Å²) in [6, 6.07) is 14.7. The fraction of sp³-hybridized carbons (Fsp3) is 0.188. The van der Waals surface area contributed by atoms with Crippen molar-refractivity contribution in [3.05, 3.63) is 60.3 Å². The van der Waals surface area contributed by atoms with E-state index in [-0.39, 0.29) is 24.7 Å². The summed E-state index contributed by atoms with van der Waals surface area (Å²) in [4.78, 5) is 27.3. The van der Waals surface area contributed by atoms with Crippen molar-refractivity contribution < 1.29 is 9.59 Å². The van der Waals surface area contributed by atoms with Crippen molar-refractivity contribution in [1.29, 1.82) is 0 Å². The summed E-state index contributed by atoms with van der Waals surface area (Å²) in [5, 5.41) is 2.71. The number of nitrogens with zero attached hydrogens (tertiary/aromatic N) is 1. The second kappa shape index (κ2) is 7.19. The molecule has 0 radical (unpaired) electrons. The van der Waals surface area contributed by atoms with Gasteiger partial charge in [0.1, 0.15) is 5.82 Å². The third kappa shape index (κ3) is 4.72. The summed E-state index contributed by atoms with van der Waals surface area (Å²) in [6.45, 7) is 0. The molecule has 1 unspecified atom stereocenters. The van der Waals surface area contributed by atoms with Crippen molar-refractivity contribution in [2.45, 2.75) is 18.8 Å². The lowest BCUT2D eigenvalue weighted by Gasteiger charge is -2.15. The molecule has 0 spiro atoms. The average Bonchev–Trinajstić information content (AvgIpc) is 2.48. The molecule has 2 rings (SSSR count).